The zero-order chi connectivity index (χ0) is 11.5. The Morgan fingerprint density at radius 3 is 2.94 bits per heavy atom. The molecule has 0 spiro atoms. The summed E-state index contributed by atoms with van der Waals surface area (Å²) in [5.41, 5.74) is 6.76. The fourth-order valence-electron chi connectivity index (χ4n) is 1.61. The number of hydrogen-bond donors (Lipinski definition) is 2. The molecule has 2 rings (SSSR count). The molecule has 5 nitrogen and oxygen atoms in total. The first-order valence-electron chi connectivity index (χ1n) is 5.19. The summed E-state index contributed by atoms with van der Waals surface area (Å²) in [6.07, 6.45) is 2.65. The molecule has 84 valence electrons. The van der Waals surface area contributed by atoms with E-state index in [2.05, 4.69) is 17.1 Å². The van der Waals surface area contributed by atoms with E-state index >= 15 is 0 Å². The van der Waals surface area contributed by atoms with Crippen molar-refractivity contribution in [2.75, 3.05) is 5.73 Å². The molecule has 1 heterocycles. The predicted octanol–water partition coefficient (Wildman–Crippen LogP) is 1.64. The molecule has 0 radical (unpaired) electrons. The van der Waals surface area contributed by atoms with E-state index < -0.39 is 0 Å². The Morgan fingerprint density at radius 1 is 1.44 bits per heavy atom. The summed E-state index contributed by atoms with van der Waals surface area (Å²) in [5, 5.41) is 17.7. The minimum atomic E-state index is 0.130. The first-order valence-corrected chi connectivity index (χ1v) is 5.19. The van der Waals surface area contributed by atoms with Gasteiger partial charge in [0.25, 0.3) is 0 Å². The van der Waals surface area contributed by atoms with Crippen LogP contribution in [0.2, 0.25) is 0 Å². The zero-order valence-corrected chi connectivity index (χ0v) is 9.09. The van der Waals surface area contributed by atoms with E-state index in [0.717, 1.165) is 13.0 Å². The Hall–Kier alpha value is -2.04. The molecule has 1 aromatic heterocycles. The molecule has 0 saturated carbocycles. The van der Waals surface area contributed by atoms with E-state index in [9.17, 15) is 5.11 Å². The molecule has 1 aromatic carbocycles. The van der Waals surface area contributed by atoms with Crippen LogP contribution >= 0.6 is 0 Å². The third kappa shape index (κ3) is 1.84. The van der Waals surface area contributed by atoms with Crippen molar-refractivity contribution in [3.63, 3.8) is 0 Å². The van der Waals surface area contributed by atoms with Gasteiger partial charge in [0, 0.05) is 18.3 Å². The van der Waals surface area contributed by atoms with Crippen LogP contribution < -0.4 is 5.73 Å². The number of nitrogens with zero attached hydrogens (tertiary/aromatic N) is 3. The van der Waals surface area contributed by atoms with Gasteiger partial charge in [-0.3, -0.25) is 0 Å². The highest BCUT2D eigenvalue weighted by molar-refractivity contribution is 5.67. The minimum absolute atomic E-state index is 0.130. The fourth-order valence-corrected chi connectivity index (χ4v) is 1.61. The van der Waals surface area contributed by atoms with Gasteiger partial charge >= 0.3 is 0 Å². The maximum absolute atomic E-state index is 9.79. The molecule has 0 aliphatic rings. The number of phenols is 1. The number of nitrogen functional groups attached to an aromatic ring is 1. The lowest BCUT2D eigenvalue weighted by molar-refractivity contribution is 0.476. The van der Waals surface area contributed by atoms with E-state index in [1.165, 1.54) is 6.07 Å². The molecule has 0 saturated heterocycles. The zero-order valence-electron chi connectivity index (χ0n) is 9.09. The number of aromatic nitrogens is 3. The van der Waals surface area contributed by atoms with Crippen LogP contribution in [0.4, 0.5) is 5.69 Å². The lowest BCUT2D eigenvalue weighted by atomic mass is 10.1. The van der Waals surface area contributed by atoms with Crippen LogP contribution in [0.25, 0.3) is 11.4 Å². The smallest absolute Gasteiger partial charge is 0.167 e. The molecule has 0 bridgehead atoms. The van der Waals surface area contributed by atoms with Gasteiger partial charge in [0.2, 0.25) is 0 Å². The Morgan fingerprint density at radius 2 is 2.25 bits per heavy atom. The summed E-state index contributed by atoms with van der Waals surface area (Å²) in [6, 6.07) is 5.00. The Kier molecular flexibility index (Phi) is 2.76. The van der Waals surface area contributed by atoms with Crippen LogP contribution in [-0.2, 0) is 6.54 Å². The average molecular weight is 218 g/mol. The molecule has 5 heteroatoms. The largest absolute Gasteiger partial charge is 0.507 e. The van der Waals surface area contributed by atoms with Crippen molar-refractivity contribution in [1.82, 2.24) is 14.8 Å². The third-order valence-corrected chi connectivity index (χ3v) is 2.34. The normalized spacial score (nSPS) is 10.6. The van der Waals surface area contributed by atoms with Gasteiger partial charge < -0.3 is 15.4 Å². The Bertz CT molecular complexity index is 492. The molecule has 0 atom stereocenters. The number of nitrogens with two attached hydrogens (primary N) is 1. The standard InChI is InChI=1S/C11H14N4O/c1-2-5-15-7-13-14-11(15)9-4-3-8(12)6-10(9)16/h3-4,6-7,16H,2,5,12H2,1H3. The number of rotatable bonds is 3. The highest BCUT2D eigenvalue weighted by Crippen LogP contribution is 2.29. The molecule has 0 unspecified atom stereocenters. The van der Waals surface area contributed by atoms with Crippen LogP contribution in [0, 0.1) is 0 Å². The van der Waals surface area contributed by atoms with E-state index in [1.807, 2.05) is 4.57 Å². The summed E-state index contributed by atoms with van der Waals surface area (Å²) < 4.78 is 1.91. The van der Waals surface area contributed by atoms with Crippen LogP contribution in [0.1, 0.15) is 13.3 Å². The van der Waals surface area contributed by atoms with Gasteiger partial charge in [0.1, 0.15) is 12.1 Å². The highest BCUT2D eigenvalue weighted by atomic mass is 16.3. The number of hydrogen-bond acceptors (Lipinski definition) is 4. The van der Waals surface area contributed by atoms with Crippen molar-refractivity contribution >= 4 is 5.69 Å². The molecule has 16 heavy (non-hydrogen) atoms. The van der Waals surface area contributed by atoms with Crippen molar-refractivity contribution in [2.45, 2.75) is 19.9 Å². The van der Waals surface area contributed by atoms with Gasteiger partial charge in [-0.25, -0.2) is 0 Å². The second-order valence-electron chi connectivity index (χ2n) is 3.62. The number of aryl methyl sites for hydroxylation is 1. The van der Waals surface area contributed by atoms with E-state index in [1.54, 1.807) is 18.5 Å². The van der Waals surface area contributed by atoms with Crippen molar-refractivity contribution in [2.24, 2.45) is 0 Å². The lowest BCUT2D eigenvalue weighted by Gasteiger charge is -2.07. The van der Waals surface area contributed by atoms with Crippen LogP contribution in [0.3, 0.4) is 0 Å². The quantitative estimate of drug-likeness (QED) is 0.768. The SMILES string of the molecule is CCCn1cnnc1-c1ccc(N)cc1O. The van der Waals surface area contributed by atoms with Crippen LogP contribution in [-0.4, -0.2) is 19.9 Å². The second-order valence-corrected chi connectivity index (χ2v) is 3.62. The van der Waals surface area contributed by atoms with Crippen LogP contribution in [0.15, 0.2) is 24.5 Å². The summed E-state index contributed by atoms with van der Waals surface area (Å²) in [6.45, 7) is 2.90. The van der Waals surface area contributed by atoms with Crippen molar-refractivity contribution in [3.05, 3.63) is 24.5 Å². The van der Waals surface area contributed by atoms with E-state index in [-0.39, 0.29) is 5.75 Å². The Balaban J connectivity index is 2.46. The maximum Gasteiger partial charge on any atom is 0.167 e. The summed E-state index contributed by atoms with van der Waals surface area (Å²) in [4.78, 5) is 0. The molecule has 2 aromatic rings. The molecular formula is C11H14N4O. The van der Waals surface area contributed by atoms with Crippen molar-refractivity contribution < 1.29 is 5.11 Å². The van der Waals surface area contributed by atoms with Gasteiger partial charge in [-0.15, -0.1) is 10.2 Å². The molecule has 0 fully saturated rings. The first kappa shape index (κ1) is 10.5. The van der Waals surface area contributed by atoms with E-state index in [4.69, 9.17) is 5.73 Å². The number of phenolic OH excluding ortho intramolecular Hbond substituents is 1. The predicted molar refractivity (Wildman–Crippen MR) is 61.8 cm³/mol. The molecule has 0 aliphatic carbocycles. The van der Waals surface area contributed by atoms with Gasteiger partial charge in [-0.1, -0.05) is 6.92 Å². The third-order valence-electron chi connectivity index (χ3n) is 2.34. The summed E-state index contributed by atoms with van der Waals surface area (Å²) in [7, 11) is 0. The average Bonchev–Trinajstić information content (AvgIpc) is 2.67. The lowest BCUT2D eigenvalue weighted by Crippen LogP contribution is -1.98. The molecule has 3 N–H and O–H groups in total. The first-order chi connectivity index (χ1) is 7.72. The van der Waals surface area contributed by atoms with E-state index in [0.29, 0.717) is 17.1 Å². The molecular weight excluding hydrogens is 204 g/mol. The summed E-state index contributed by atoms with van der Waals surface area (Å²) >= 11 is 0. The maximum atomic E-state index is 9.79. The van der Waals surface area contributed by atoms with Gasteiger partial charge in [-0.05, 0) is 18.6 Å². The van der Waals surface area contributed by atoms with Crippen molar-refractivity contribution in [1.29, 1.82) is 0 Å². The Labute approximate surface area is 93.5 Å². The topological polar surface area (TPSA) is 77.0 Å². The minimum Gasteiger partial charge on any atom is -0.507 e. The van der Waals surface area contributed by atoms with Crippen LogP contribution in [0.5, 0.6) is 5.75 Å². The summed E-state index contributed by atoms with van der Waals surface area (Å²) in [5.74, 6) is 0.796. The van der Waals surface area contributed by atoms with Gasteiger partial charge in [-0.2, -0.15) is 0 Å². The van der Waals surface area contributed by atoms with Gasteiger partial charge in [0.05, 0.1) is 5.56 Å². The monoisotopic (exact) mass is 218 g/mol. The molecule has 0 aliphatic heterocycles. The highest BCUT2D eigenvalue weighted by Gasteiger charge is 2.11. The fraction of sp³-hybridized carbons (Fsp3) is 0.273. The van der Waals surface area contributed by atoms with Crippen molar-refractivity contribution in [3.8, 4) is 17.1 Å². The van der Waals surface area contributed by atoms with Gasteiger partial charge in [0.15, 0.2) is 5.82 Å². The number of anilines is 1. The second kappa shape index (κ2) is 4.22. The number of benzene rings is 1. The number of aromatic hydroxyl groups is 1. The molecule has 0 amide bonds.